The Labute approximate surface area is 49.8 Å². The van der Waals surface area contributed by atoms with Crippen LogP contribution in [0, 0.1) is 5.92 Å². The van der Waals surface area contributed by atoms with Crippen LogP contribution in [0.5, 0.6) is 0 Å². The standard InChI is InChI=1S/C5H7BN2/c6-5(7-8-5)4-2-1-3-4/h4H,1-3H2. The quantitative estimate of drug-likeness (QED) is 0.446. The lowest BCUT2D eigenvalue weighted by molar-refractivity contribution is 0.282. The molecular formula is C5H7BN2. The van der Waals surface area contributed by atoms with Crippen LogP contribution in [0.4, 0.5) is 0 Å². The molecule has 2 nitrogen and oxygen atoms in total. The Balaban J connectivity index is 1.97. The van der Waals surface area contributed by atoms with E-state index >= 15 is 0 Å². The molecule has 0 amide bonds. The molecule has 3 heteroatoms. The predicted molar refractivity (Wildman–Crippen MR) is 30.7 cm³/mol. The van der Waals surface area contributed by atoms with Gasteiger partial charge in [0.15, 0.2) is 0 Å². The summed E-state index contributed by atoms with van der Waals surface area (Å²) >= 11 is 0. The molecule has 0 unspecified atom stereocenters. The minimum atomic E-state index is -0.405. The molecule has 8 heavy (non-hydrogen) atoms. The Morgan fingerprint density at radius 1 is 1.38 bits per heavy atom. The molecule has 1 heterocycles. The molecule has 0 saturated heterocycles. The van der Waals surface area contributed by atoms with Crippen LogP contribution < -0.4 is 0 Å². The molecule has 0 aromatic carbocycles. The third-order valence-corrected chi connectivity index (χ3v) is 2.04. The zero-order valence-electron chi connectivity index (χ0n) is 4.67. The van der Waals surface area contributed by atoms with Crippen LogP contribution in [0.1, 0.15) is 19.3 Å². The van der Waals surface area contributed by atoms with Crippen molar-refractivity contribution < 1.29 is 0 Å². The van der Waals surface area contributed by atoms with Crippen LogP contribution >= 0.6 is 0 Å². The van der Waals surface area contributed by atoms with Crippen molar-refractivity contribution in [1.82, 2.24) is 0 Å². The van der Waals surface area contributed by atoms with Gasteiger partial charge in [-0.15, -0.1) is 0 Å². The summed E-state index contributed by atoms with van der Waals surface area (Å²) in [5.41, 5.74) is -0.405. The first-order chi connectivity index (χ1) is 3.81. The van der Waals surface area contributed by atoms with Gasteiger partial charge in [0.1, 0.15) is 13.4 Å². The van der Waals surface area contributed by atoms with Crippen LogP contribution in [0.2, 0.25) is 0 Å². The van der Waals surface area contributed by atoms with E-state index < -0.39 is 5.56 Å². The van der Waals surface area contributed by atoms with Gasteiger partial charge in [-0.2, -0.15) is 10.2 Å². The summed E-state index contributed by atoms with van der Waals surface area (Å²) in [6, 6.07) is 0. The summed E-state index contributed by atoms with van der Waals surface area (Å²) in [4.78, 5) is 0. The molecule has 2 radical (unpaired) electrons. The summed E-state index contributed by atoms with van der Waals surface area (Å²) in [6.07, 6.45) is 3.77. The van der Waals surface area contributed by atoms with Gasteiger partial charge >= 0.3 is 0 Å². The van der Waals surface area contributed by atoms with Crippen molar-refractivity contribution in [3.05, 3.63) is 0 Å². The van der Waals surface area contributed by atoms with Crippen LogP contribution in [-0.4, -0.2) is 13.4 Å². The zero-order chi connectivity index (χ0) is 5.61. The summed E-state index contributed by atoms with van der Waals surface area (Å²) in [5.74, 6) is 0.586. The fourth-order valence-electron chi connectivity index (χ4n) is 1.05. The maximum Gasteiger partial charge on any atom is 0.148 e. The highest BCUT2D eigenvalue weighted by molar-refractivity contribution is 6.16. The summed E-state index contributed by atoms with van der Waals surface area (Å²) in [6.45, 7) is 0. The van der Waals surface area contributed by atoms with Gasteiger partial charge in [-0.1, -0.05) is 6.42 Å². The highest BCUT2D eigenvalue weighted by Gasteiger charge is 2.44. The van der Waals surface area contributed by atoms with Gasteiger partial charge in [0.2, 0.25) is 0 Å². The fourth-order valence-corrected chi connectivity index (χ4v) is 1.05. The average molecular weight is 106 g/mol. The van der Waals surface area contributed by atoms with E-state index in [0.717, 1.165) is 0 Å². The molecule has 0 spiro atoms. The van der Waals surface area contributed by atoms with Gasteiger partial charge in [0.25, 0.3) is 0 Å². The molecule has 0 bridgehead atoms. The van der Waals surface area contributed by atoms with Crippen molar-refractivity contribution in [2.75, 3.05) is 0 Å². The maximum atomic E-state index is 5.62. The minimum absolute atomic E-state index is 0.405. The van der Waals surface area contributed by atoms with Gasteiger partial charge in [-0.05, 0) is 18.8 Å². The zero-order valence-corrected chi connectivity index (χ0v) is 4.67. The molecule has 1 aliphatic carbocycles. The third kappa shape index (κ3) is 0.444. The van der Waals surface area contributed by atoms with E-state index in [9.17, 15) is 0 Å². The number of hydrogen-bond donors (Lipinski definition) is 0. The first kappa shape index (κ1) is 4.53. The van der Waals surface area contributed by atoms with E-state index in [1.807, 2.05) is 0 Å². The first-order valence-electron chi connectivity index (χ1n) is 3.04. The van der Waals surface area contributed by atoms with Crippen molar-refractivity contribution in [1.29, 1.82) is 0 Å². The molecule has 0 aromatic heterocycles. The van der Waals surface area contributed by atoms with E-state index in [0.29, 0.717) is 5.92 Å². The summed E-state index contributed by atoms with van der Waals surface area (Å²) < 4.78 is 0. The molecule has 1 aliphatic heterocycles. The van der Waals surface area contributed by atoms with Crippen LogP contribution in [0.25, 0.3) is 0 Å². The second-order valence-corrected chi connectivity index (χ2v) is 2.61. The largest absolute Gasteiger partial charge is 0.171 e. The monoisotopic (exact) mass is 106 g/mol. The lowest BCUT2D eigenvalue weighted by Crippen LogP contribution is -2.29. The Bertz CT molecular complexity index is 133. The van der Waals surface area contributed by atoms with E-state index in [1.165, 1.54) is 19.3 Å². The SMILES string of the molecule is [B]C1(C2CCC2)N=N1. The van der Waals surface area contributed by atoms with Crippen molar-refractivity contribution >= 4 is 7.85 Å². The van der Waals surface area contributed by atoms with Crippen LogP contribution in [0.15, 0.2) is 10.2 Å². The molecule has 1 saturated carbocycles. The average Bonchev–Trinajstić information content (AvgIpc) is 2.12. The number of nitrogens with zero attached hydrogens (tertiary/aromatic N) is 2. The number of rotatable bonds is 1. The van der Waals surface area contributed by atoms with Crippen LogP contribution in [0.3, 0.4) is 0 Å². The lowest BCUT2D eigenvalue weighted by Gasteiger charge is -2.27. The molecule has 0 aromatic rings. The molecule has 0 atom stereocenters. The van der Waals surface area contributed by atoms with Crippen LogP contribution in [-0.2, 0) is 0 Å². The Morgan fingerprint density at radius 3 is 2.12 bits per heavy atom. The van der Waals surface area contributed by atoms with Crippen molar-refractivity contribution in [3.63, 3.8) is 0 Å². The van der Waals surface area contributed by atoms with Gasteiger partial charge in [-0.25, -0.2) is 0 Å². The maximum absolute atomic E-state index is 5.62. The van der Waals surface area contributed by atoms with E-state index in [4.69, 9.17) is 7.85 Å². The highest BCUT2D eigenvalue weighted by atomic mass is 15.4. The topological polar surface area (TPSA) is 24.7 Å². The Hall–Kier alpha value is -0.335. The highest BCUT2D eigenvalue weighted by Crippen LogP contribution is 2.44. The minimum Gasteiger partial charge on any atom is -0.171 e. The normalized spacial score (nSPS) is 32.0. The van der Waals surface area contributed by atoms with Gasteiger partial charge < -0.3 is 0 Å². The third-order valence-electron chi connectivity index (χ3n) is 2.04. The van der Waals surface area contributed by atoms with Gasteiger partial charge in [0, 0.05) is 0 Å². The summed E-state index contributed by atoms with van der Waals surface area (Å²) in [7, 11) is 5.62. The molecule has 1 fully saturated rings. The predicted octanol–water partition coefficient (Wildman–Crippen LogP) is 1.07. The van der Waals surface area contributed by atoms with E-state index in [2.05, 4.69) is 10.2 Å². The number of hydrogen-bond acceptors (Lipinski definition) is 2. The van der Waals surface area contributed by atoms with E-state index in [1.54, 1.807) is 0 Å². The lowest BCUT2D eigenvalue weighted by atomic mass is 9.69. The second-order valence-electron chi connectivity index (χ2n) is 2.61. The van der Waals surface area contributed by atoms with Crippen molar-refractivity contribution in [2.45, 2.75) is 24.8 Å². The Kier molecular flexibility index (Phi) is 0.649. The molecule has 2 rings (SSSR count). The van der Waals surface area contributed by atoms with Crippen molar-refractivity contribution in [3.8, 4) is 0 Å². The molecule has 2 aliphatic rings. The molecule has 40 valence electrons. The van der Waals surface area contributed by atoms with E-state index in [-0.39, 0.29) is 0 Å². The summed E-state index contributed by atoms with van der Waals surface area (Å²) in [5, 5.41) is 7.52. The van der Waals surface area contributed by atoms with Gasteiger partial charge in [-0.3, -0.25) is 0 Å². The first-order valence-corrected chi connectivity index (χ1v) is 3.04. The smallest absolute Gasteiger partial charge is 0.148 e. The molecule has 0 N–H and O–H groups in total. The van der Waals surface area contributed by atoms with Crippen molar-refractivity contribution in [2.24, 2.45) is 16.1 Å². The van der Waals surface area contributed by atoms with Gasteiger partial charge in [0.05, 0.1) is 0 Å². The molecular weight excluding hydrogens is 98.9 g/mol. The fraction of sp³-hybridized carbons (Fsp3) is 1.00. The Morgan fingerprint density at radius 2 is 2.00 bits per heavy atom. The second kappa shape index (κ2) is 1.15.